The second-order valence-electron chi connectivity index (χ2n) is 12.2. The molecule has 1 heteroatoms. The Kier molecular flexibility index (Phi) is 6.61. The van der Waals surface area contributed by atoms with Crippen molar-refractivity contribution in [2.24, 2.45) is 0 Å². The lowest BCUT2D eigenvalue weighted by atomic mass is 9.85. The third-order valence-electron chi connectivity index (χ3n) is 8.45. The van der Waals surface area contributed by atoms with Crippen LogP contribution in [0.5, 0.6) is 0 Å². The van der Waals surface area contributed by atoms with Gasteiger partial charge >= 0.3 is 0 Å². The number of rotatable bonds is 5. The maximum absolute atomic E-state index is 2.40. The Morgan fingerprint density at radius 3 is 1.24 bits per heavy atom. The van der Waals surface area contributed by atoms with Gasteiger partial charge in [-0.15, -0.1) is 0 Å². The minimum absolute atomic E-state index is 1.24. The topological polar surface area (TPSA) is 0 Å². The minimum Gasteiger partial charge on any atom is -0.0656 e. The van der Waals surface area contributed by atoms with E-state index in [1.165, 1.54) is 71.2 Å². The first-order valence-electron chi connectivity index (χ1n) is 14.8. The van der Waals surface area contributed by atoms with Crippen LogP contribution in [0.25, 0.3) is 66.1 Å². The summed E-state index contributed by atoms with van der Waals surface area (Å²) in [7, 11) is -1.34. The fourth-order valence-electron chi connectivity index (χ4n) is 6.23. The van der Waals surface area contributed by atoms with Gasteiger partial charge in [0.2, 0.25) is 0 Å². The largest absolute Gasteiger partial charge is 0.0775 e. The molecule has 0 atom stereocenters. The van der Waals surface area contributed by atoms with Crippen LogP contribution in [0.2, 0.25) is 19.6 Å². The molecule has 0 radical (unpaired) electrons. The van der Waals surface area contributed by atoms with Crippen LogP contribution in [0.1, 0.15) is 0 Å². The predicted molar refractivity (Wildman–Crippen MR) is 186 cm³/mol. The van der Waals surface area contributed by atoms with Gasteiger partial charge in [0.1, 0.15) is 0 Å². The molecule has 0 fully saturated rings. The number of benzene rings is 7. The molecule has 0 bridgehead atoms. The summed E-state index contributed by atoms with van der Waals surface area (Å²) < 4.78 is 0. The second kappa shape index (κ2) is 10.6. The van der Waals surface area contributed by atoms with E-state index < -0.39 is 8.07 Å². The van der Waals surface area contributed by atoms with Gasteiger partial charge in [-0.1, -0.05) is 170 Å². The second-order valence-corrected chi connectivity index (χ2v) is 17.3. The number of fused-ring (bicyclic) bond motifs is 2. The first-order valence-corrected chi connectivity index (χ1v) is 18.3. The molecule has 7 aromatic carbocycles. The van der Waals surface area contributed by atoms with Crippen molar-refractivity contribution >= 4 is 34.8 Å². The van der Waals surface area contributed by atoms with E-state index in [1.54, 1.807) is 0 Å². The van der Waals surface area contributed by atoms with Crippen molar-refractivity contribution < 1.29 is 0 Å². The monoisotopic (exact) mass is 554 g/mol. The van der Waals surface area contributed by atoms with Gasteiger partial charge in [-0.05, 0) is 72.1 Å². The summed E-state index contributed by atoms with van der Waals surface area (Å²) in [6.07, 6.45) is 0. The fraction of sp³-hybridized carbons (Fsp3) is 0.0732. The molecule has 0 amide bonds. The SMILES string of the molecule is C[Si](C)(C)c1ccc(-c2cccc(-c3c4ccccc4c(-c4ccc(-c5ccccc5)cc4)c4ccccc34)c2)cc1. The standard InChI is InChI=1S/C41H34Si/c1-42(2,3)35-26-24-31(25-27-35)33-14-11-15-34(28-33)41-38-18-9-7-16-36(38)40(37-17-8-10-19-39(37)41)32-22-20-30(21-23-32)29-12-5-4-6-13-29/h4-28H,1-3H3. The van der Waals surface area contributed by atoms with Crippen LogP contribution in [0.4, 0.5) is 0 Å². The molecule has 0 aromatic heterocycles. The molecule has 0 aliphatic heterocycles. The third kappa shape index (κ3) is 4.76. The van der Waals surface area contributed by atoms with Crippen LogP contribution in [-0.2, 0) is 0 Å². The smallest absolute Gasteiger partial charge is 0.0656 e. The molecular weight excluding hydrogens is 521 g/mol. The van der Waals surface area contributed by atoms with E-state index in [9.17, 15) is 0 Å². The lowest BCUT2D eigenvalue weighted by Gasteiger charge is -2.19. The number of hydrogen-bond donors (Lipinski definition) is 0. The van der Waals surface area contributed by atoms with Gasteiger partial charge in [0, 0.05) is 0 Å². The highest BCUT2D eigenvalue weighted by molar-refractivity contribution is 6.88. The van der Waals surface area contributed by atoms with E-state index in [1.807, 2.05) is 0 Å². The molecule has 0 N–H and O–H groups in total. The Bertz CT molecular complexity index is 1970. The maximum atomic E-state index is 2.40. The normalized spacial score (nSPS) is 11.7. The molecule has 0 spiro atoms. The quantitative estimate of drug-likeness (QED) is 0.147. The Morgan fingerprint density at radius 2 is 0.690 bits per heavy atom. The maximum Gasteiger partial charge on any atom is 0.0775 e. The molecule has 7 aromatic rings. The Morgan fingerprint density at radius 1 is 0.310 bits per heavy atom. The van der Waals surface area contributed by atoms with Crippen molar-refractivity contribution in [1.82, 2.24) is 0 Å². The zero-order valence-electron chi connectivity index (χ0n) is 24.4. The fourth-order valence-corrected chi connectivity index (χ4v) is 7.39. The summed E-state index contributed by atoms with van der Waals surface area (Å²) in [4.78, 5) is 0. The van der Waals surface area contributed by atoms with Crippen LogP contribution >= 0.6 is 0 Å². The van der Waals surface area contributed by atoms with Crippen molar-refractivity contribution in [2.75, 3.05) is 0 Å². The van der Waals surface area contributed by atoms with Gasteiger partial charge in [-0.3, -0.25) is 0 Å². The summed E-state index contributed by atoms with van der Waals surface area (Å²) in [5.41, 5.74) is 10.1. The summed E-state index contributed by atoms with van der Waals surface area (Å²) in [6.45, 7) is 7.21. The van der Waals surface area contributed by atoms with Crippen molar-refractivity contribution in [2.45, 2.75) is 19.6 Å². The Labute approximate surface area is 249 Å². The molecule has 0 saturated carbocycles. The van der Waals surface area contributed by atoms with E-state index in [2.05, 4.69) is 171 Å². The van der Waals surface area contributed by atoms with Crippen molar-refractivity contribution in [3.05, 3.63) is 152 Å². The first-order chi connectivity index (χ1) is 20.5. The highest BCUT2D eigenvalue weighted by atomic mass is 28.3. The van der Waals surface area contributed by atoms with Crippen molar-refractivity contribution in [1.29, 1.82) is 0 Å². The van der Waals surface area contributed by atoms with E-state index >= 15 is 0 Å². The van der Waals surface area contributed by atoms with E-state index in [0.29, 0.717) is 0 Å². The molecule has 0 aliphatic carbocycles. The molecule has 7 rings (SSSR count). The lowest BCUT2D eigenvalue weighted by molar-refractivity contribution is 1.60. The molecular formula is C41H34Si. The molecule has 0 unspecified atom stereocenters. The van der Waals surface area contributed by atoms with Gasteiger partial charge < -0.3 is 0 Å². The van der Waals surface area contributed by atoms with Gasteiger partial charge in [-0.2, -0.15) is 0 Å². The minimum atomic E-state index is -1.34. The van der Waals surface area contributed by atoms with Crippen LogP contribution in [-0.4, -0.2) is 8.07 Å². The predicted octanol–water partition coefficient (Wildman–Crippen LogP) is 11.2. The van der Waals surface area contributed by atoms with E-state index in [4.69, 9.17) is 0 Å². The summed E-state index contributed by atoms with van der Waals surface area (Å²) in [5.74, 6) is 0. The highest BCUT2D eigenvalue weighted by Gasteiger charge is 2.18. The zero-order valence-corrected chi connectivity index (χ0v) is 25.4. The van der Waals surface area contributed by atoms with Crippen molar-refractivity contribution in [3.63, 3.8) is 0 Å². The average Bonchev–Trinajstić information content (AvgIpc) is 3.04. The van der Waals surface area contributed by atoms with Gasteiger partial charge in [0.25, 0.3) is 0 Å². The molecule has 0 nitrogen and oxygen atoms in total. The zero-order chi connectivity index (χ0) is 28.7. The first kappa shape index (κ1) is 26.2. The van der Waals surface area contributed by atoms with Crippen molar-refractivity contribution in [3.8, 4) is 44.5 Å². The molecule has 42 heavy (non-hydrogen) atoms. The summed E-state index contributed by atoms with van der Waals surface area (Å²) >= 11 is 0. The van der Waals surface area contributed by atoms with E-state index in [0.717, 1.165) is 0 Å². The van der Waals surface area contributed by atoms with Crippen LogP contribution in [0, 0.1) is 0 Å². The van der Waals surface area contributed by atoms with Gasteiger partial charge in [-0.25, -0.2) is 0 Å². The van der Waals surface area contributed by atoms with Gasteiger partial charge in [0.05, 0.1) is 8.07 Å². The van der Waals surface area contributed by atoms with Crippen LogP contribution < -0.4 is 5.19 Å². The molecule has 0 saturated heterocycles. The molecule has 0 heterocycles. The third-order valence-corrected chi connectivity index (χ3v) is 10.5. The van der Waals surface area contributed by atoms with Crippen LogP contribution in [0.15, 0.2) is 152 Å². The Balaban J connectivity index is 1.40. The Hall–Kier alpha value is -4.72. The molecule has 0 aliphatic rings. The molecule has 202 valence electrons. The summed E-state index contributed by atoms with van der Waals surface area (Å²) in [6, 6.07) is 55.8. The highest BCUT2D eigenvalue weighted by Crippen LogP contribution is 2.44. The summed E-state index contributed by atoms with van der Waals surface area (Å²) in [5, 5.41) is 6.62. The lowest BCUT2D eigenvalue weighted by Crippen LogP contribution is -2.37. The number of hydrogen-bond acceptors (Lipinski definition) is 0. The average molecular weight is 555 g/mol. The van der Waals surface area contributed by atoms with Crippen LogP contribution in [0.3, 0.4) is 0 Å². The van der Waals surface area contributed by atoms with E-state index in [-0.39, 0.29) is 0 Å². The van der Waals surface area contributed by atoms with Gasteiger partial charge in [0.15, 0.2) is 0 Å².